The van der Waals surface area contributed by atoms with Gasteiger partial charge in [0.1, 0.15) is 0 Å². The molecule has 2 unspecified atom stereocenters. The third-order valence-electron chi connectivity index (χ3n) is 5.07. The molecule has 120 valence electrons. The molecule has 1 N–H and O–H groups in total. The number of rotatable bonds is 3. The van der Waals surface area contributed by atoms with Crippen molar-refractivity contribution in [1.29, 1.82) is 0 Å². The van der Waals surface area contributed by atoms with Gasteiger partial charge in [-0.3, -0.25) is 0 Å². The zero-order valence-electron chi connectivity index (χ0n) is 13.3. The maximum absolute atomic E-state index is 11.7. The molecule has 0 aromatic carbocycles. The molecular weight excluding hydrogens is 282 g/mol. The molecule has 1 heterocycles. The topological polar surface area (TPSA) is 75.5 Å². The number of hydrogen-bond donors (Lipinski definition) is 1. The van der Waals surface area contributed by atoms with Crippen molar-refractivity contribution in [1.82, 2.24) is 9.97 Å². The van der Waals surface area contributed by atoms with Crippen LogP contribution in [-0.4, -0.2) is 47.3 Å². The van der Waals surface area contributed by atoms with E-state index in [9.17, 15) is 9.90 Å². The van der Waals surface area contributed by atoms with Gasteiger partial charge in [-0.25, -0.2) is 14.8 Å². The molecule has 6 heteroatoms. The van der Waals surface area contributed by atoms with Crippen LogP contribution >= 0.6 is 0 Å². The number of aryl methyl sites for hydroxylation is 1. The van der Waals surface area contributed by atoms with Gasteiger partial charge >= 0.3 is 5.97 Å². The zero-order chi connectivity index (χ0) is 15.9. The Bertz CT molecular complexity index is 564. The Morgan fingerprint density at radius 1 is 1.27 bits per heavy atom. The number of hydrogen-bond acceptors (Lipinski definition) is 6. The number of anilines is 1. The predicted molar refractivity (Wildman–Crippen MR) is 81.8 cm³/mol. The smallest absolute Gasteiger partial charge is 0.356 e. The van der Waals surface area contributed by atoms with Crippen LogP contribution in [0.1, 0.15) is 41.9 Å². The average molecular weight is 305 g/mol. The SMILES string of the molecule is COC(=O)c1cc(C)nc(N(C)C2C[C@H]3CC(O)C[C@H]3C2)n1. The van der Waals surface area contributed by atoms with Crippen LogP contribution in [0.4, 0.5) is 5.95 Å². The number of fused-ring (bicyclic) bond motifs is 1. The highest BCUT2D eigenvalue weighted by Crippen LogP contribution is 2.45. The molecule has 2 aliphatic rings. The van der Waals surface area contributed by atoms with Crippen molar-refractivity contribution in [3.8, 4) is 0 Å². The van der Waals surface area contributed by atoms with E-state index in [0.29, 0.717) is 29.5 Å². The van der Waals surface area contributed by atoms with Crippen molar-refractivity contribution >= 4 is 11.9 Å². The van der Waals surface area contributed by atoms with E-state index in [4.69, 9.17) is 4.74 Å². The highest BCUT2D eigenvalue weighted by atomic mass is 16.5. The minimum absolute atomic E-state index is 0.123. The molecule has 6 nitrogen and oxygen atoms in total. The van der Waals surface area contributed by atoms with Gasteiger partial charge in [0.15, 0.2) is 5.69 Å². The lowest BCUT2D eigenvalue weighted by molar-refractivity contribution is 0.0593. The van der Waals surface area contributed by atoms with E-state index >= 15 is 0 Å². The fraction of sp³-hybridized carbons (Fsp3) is 0.688. The Hall–Kier alpha value is -1.69. The molecule has 1 aromatic rings. The van der Waals surface area contributed by atoms with Crippen molar-refractivity contribution in [2.75, 3.05) is 19.1 Å². The highest BCUT2D eigenvalue weighted by molar-refractivity contribution is 5.87. The minimum Gasteiger partial charge on any atom is -0.464 e. The summed E-state index contributed by atoms with van der Waals surface area (Å²) in [6.07, 6.45) is 3.82. The van der Waals surface area contributed by atoms with Crippen LogP contribution in [0.2, 0.25) is 0 Å². The summed E-state index contributed by atoms with van der Waals surface area (Å²) in [5, 5.41) is 9.75. The second-order valence-corrected chi connectivity index (χ2v) is 6.57. The van der Waals surface area contributed by atoms with Gasteiger partial charge < -0.3 is 14.7 Å². The average Bonchev–Trinajstić information content (AvgIpc) is 3.02. The van der Waals surface area contributed by atoms with Gasteiger partial charge in [0.25, 0.3) is 0 Å². The van der Waals surface area contributed by atoms with E-state index in [1.54, 1.807) is 6.07 Å². The normalized spacial score (nSPS) is 30.2. The summed E-state index contributed by atoms with van der Waals surface area (Å²) in [6, 6.07) is 2.01. The standard InChI is InChI=1S/C16H23N3O3/c1-9-4-14(15(21)22-3)18-16(17-9)19(2)12-5-10-7-13(20)8-11(10)6-12/h4,10-13,20H,5-8H2,1-3H3/t10-,11+,12?,13?. The van der Waals surface area contributed by atoms with Crippen molar-refractivity contribution < 1.29 is 14.6 Å². The molecule has 2 fully saturated rings. The number of nitrogens with zero attached hydrogens (tertiary/aromatic N) is 3. The molecule has 4 atom stereocenters. The van der Waals surface area contributed by atoms with Crippen molar-refractivity contribution in [3.05, 3.63) is 17.5 Å². The fourth-order valence-corrected chi connectivity index (χ4v) is 3.95. The summed E-state index contributed by atoms with van der Waals surface area (Å²) in [6.45, 7) is 1.85. The van der Waals surface area contributed by atoms with E-state index in [1.807, 2.05) is 14.0 Å². The van der Waals surface area contributed by atoms with Gasteiger partial charge in [-0.2, -0.15) is 0 Å². The van der Waals surface area contributed by atoms with Crippen LogP contribution in [0.15, 0.2) is 6.07 Å². The number of carbonyl (C=O) groups excluding carboxylic acids is 1. The largest absolute Gasteiger partial charge is 0.464 e. The third kappa shape index (κ3) is 2.79. The van der Waals surface area contributed by atoms with Gasteiger partial charge in [0.2, 0.25) is 5.95 Å². The first-order chi connectivity index (χ1) is 10.5. The number of aliphatic hydroxyl groups is 1. The molecule has 0 amide bonds. The first-order valence-electron chi connectivity index (χ1n) is 7.82. The van der Waals surface area contributed by atoms with Crippen LogP contribution in [0.25, 0.3) is 0 Å². The first-order valence-corrected chi connectivity index (χ1v) is 7.82. The van der Waals surface area contributed by atoms with Gasteiger partial charge in [-0.1, -0.05) is 0 Å². The van der Waals surface area contributed by atoms with Crippen LogP contribution in [0, 0.1) is 18.8 Å². The second-order valence-electron chi connectivity index (χ2n) is 6.57. The van der Waals surface area contributed by atoms with E-state index in [0.717, 1.165) is 31.4 Å². The second kappa shape index (κ2) is 5.83. The Labute approximate surface area is 130 Å². The quantitative estimate of drug-likeness (QED) is 0.854. The lowest BCUT2D eigenvalue weighted by Gasteiger charge is -2.26. The number of ether oxygens (including phenoxy) is 1. The molecule has 2 saturated carbocycles. The van der Waals surface area contributed by atoms with Crippen LogP contribution in [-0.2, 0) is 4.74 Å². The van der Waals surface area contributed by atoms with Crippen molar-refractivity contribution in [3.63, 3.8) is 0 Å². The molecule has 0 spiro atoms. The highest BCUT2D eigenvalue weighted by Gasteiger charge is 2.42. The number of esters is 1. The summed E-state index contributed by atoms with van der Waals surface area (Å²) in [5.41, 5.74) is 1.05. The molecule has 0 bridgehead atoms. The van der Waals surface area contributed by atoms with E-state index < -0.39 is 5.97 Å². The molecule has 22 heavy (non-hydrogen) atoms. The van der Waals surface area contributed by atoms with Gasteiger partial charge in [0, 0.05) is 18.8 Å². The third-order valence-corrected chi connectivity index (χ3v) is 5.07. The number of methoxy groups -OCH3 is 1. The number of aliphatic hydroxyl groups excluding tert-OH is 1. The molecule has 0 saturated heterocycles. The van der Waals surface area contributed by atoms with Crippen LogP contribution in [0.5, 0.6) is 0 Å². The predicted octanol–water partition coefficient (Wildman–Crippen LogP) is 1.56. The monoisotopic (exact) mass is 305 g/mol. The summed E-state index contributed by atoms with van der Waals surface area (Å²) < 4.78 is 4.75. The molecule has 0 radical (unpaired) electrons. The summed E-state index contributed by atoms with van der Waals surface area (Å²) in [4.78, 5) is 22.6. The van der Waals surface area contributed by atoms with Gasteiger partial charge in [-0.05, 0) is 50.5 Å². The van der Waals surface area contributed by atoms with E-state index in [1.165, 1.54) is 7.11 Å². The van der Waals surface area contributed by atoms with Crippen molar-refractivity contribution in [2.45, 2.75) is 44.8 Å². The molecule has 2 aliphatic carbocycles. The summed E-state index contributed by atoms with van der Waals surface area (Å²) in [7, 11) is 3.34. The van der Waals surface area contributed by atoms with Gasteiger partial charge in [0.05, 0.1) is 13.2 Å². The molecule has 1 aromatic heterocycles. The fourth-order valence-electron chi connectivity index (χ4n) is 3.95. The molecule has 3 rings (SSSR count). The molecule has 0 aliphatic heterocycles. The lowest BCUT2D eigenvalue weighted by Crippen LogP contribution is -2.32. The summed E-state index contributed by atoms with van der Waals surface area (Å²) >= 11 is 0. The minimum atomic E-state index is -0.438. The maximum Gasteiger partial charge on any atom is 0.356 e. The number of carbonyl (C=O) groups is 1. The van der Waals surface area contributed by atoms with E-state index in [-0.39, 0.29) is 6.10 Å². The van der Waals surface area contributed by atoms with Crippen LogP contribution < -0.4 is 4.90 Å². The summed E-state index contributed by atoms with van der Waals surface area (Å²) in [5.74, 6) is 1.34. The van der Waals surface area contributed by atoms with Gasteiger partial charge in [-0.15, -0.1) is 0 Å². The Kier molecular flexibility index (Phi) is 4.04. The lowest BCUT2D eigenvalue weighted by atomic mass is 10.0. The Morgan fingerprint density at radius 3 is 2.50 bits per heavy atom. The Balaban J connectivity index is 1.77. The number of aromatic nitrogens is 2. The Morgan fingerprint density at radius 2 is 1.91 bits per heavy atom. The van der Waals surface area contributed by atoms with E-state index in [2.05, 4.69) is 14.9 Å². The van der Waals surface area contributed by atoms with Crippen molar-refractivity contribution in [2.24, 2.45) is 11.8 Å². The molecular formula is C16H23N3O3. The maximum atomic E-state index is 11.7. The zero-order valence-corrected chi connectivity index (χ0v) is 13.3. The van der Waals surface area contributed by atoms with Crippen LogP contribution in [0.3, 0.4) is 0 Å². The first kappa shape index (κ1) is 15.2.